The van der Waals surface area contributed by atoms with Gasteiger partial charge in [0, 0.05) is 18.9 Å². The van der Waals surface area contributed by atoms with E-state index in [9.17, 15) is 14.4 Å². The van der Waals surface area contributed by atoms with Gasteiger partial charge in [0.1, 0.15) is 17.5 Å². The van der Waals surface area contributed by atoms with Crippen LogP contribution in [0.4, 0.5) is 4.79 Å². The Morgan fingerprint density at radius 2 is 1.71 bits per heavy atom. The Morgan fingerprint density at radius 3 is 2.34 bits per heavy atom. The first-order valence-electron chi connectivity index (χ1n) is 12.7. The number of alkyl carbamates (subject to hydrolysis) is 1. The molecule has 1 N–H and O–H groups in total. The molecule has 0 radical (unpaired) electrons. The third-order valence-corrected chi connectivity index (χ3v) is 7.37. The highest BCUT2D eigenvalue weighted by atomic mass is 35.5. The van der Waals surface area contributed by atoms with Crippen LogP contribution in [0.2, 0.25) is 10.0 Å². The lowest BCUT2D eigenvalue weighted by atomic mass is 9.88. The van der Waals surface area contributed by atoms with Crippen LogP contribution in [0.25, 0.3) is 10.9 Å². The predicted octanol–water partition coefficient (Wildman–Crippen LogP) is 6.24. The summed E-state index contributed by atoms with van der Waals surface area (Å²) in [4.78, 5) is 44.0. The molecule has 1 heterocycles. The Morgan fingerprint density at radius 1 is 1.05 bits per heavy atom. The summed E-state index contributed by atoms with van der Waals surface area (Å²) >= 11 is 12.9. The molecule has 3 aromatic rings. The number of hydrogen-bond donors (Lipinski definition) is 1. The third kappa shape index (κ3) is 5.52. The minimum absolute atomic E-state index is 0.0999. The van der Waals surface area contributed by atoms with Crippen molar-refractivity contribution in [1.82, 2.24) is 14.9 Å². The number of carbonyl (C=O) groups excluding carboxylic acids is 2. The summed E-state index contributed by atoms with van der Waals surface area (Å²) < 4.78 is 12.8. The van der Waals surface area contributed by atoms with Crippen molar-refractivity contribution in [2.45, 2.75) is 70.2 Å². The molecule has 0 saturated heterocycles. The maximum atomic E-state index is 13.9. The van der Waals surface area contributed by atoms with Crippen LogP contribution in [-0.4, -0.2) is 33.3 Å². The maximum Gasteiger partial charge on any atom is 0.408 e. The Bertz CT molecular complexity index is 1440. The van der Waals surface area contributed by atoms with Crippen molar-refractivity contribution in [2.75, 3.05) is 0 Å². The quantitative estimate of drug-likeness (QED) is 0.360. The van der Waals surface area contributed by atoms with Crippen LogP contribution < -0.4 is 10.9 Å². The zero-order valence-electron chi connectivity index (χ0n) is 21.4. The zero-order chi connectivity index (χ0) is 27.2. The molecule has 1 aromatic heterocycles. The van der Waals surface area contributed by atoms with E-state index in [2.05, 4.69) is 5.32 Å². The van der Waals surface area contributed by atoms with E-state index in [1.54, 1.807) is 61.7 Å². The average molecular weight is 558 g/mol. The number of carbonyl (C=O) groups is 2. The lowest BCUT2D eigenvalue weighted by Gasteiger charge is -2.38. The van der Waals surface area contributed by atoms with Gasteiger partial charge in [-0.3, -0.25) is 9.36 Å². The van der Waals surface area contributed by atoms with Crippen LogP contribution in [0.5, 0.6) is 0 Å². The summed E-state index contributed by atoms with van der Waals surface area (Å²) in [7, 11) is 0. The van der Waals surface area contributed by atoms with E-state index < -0.39 is 23.7 Å². The smallest absolute Gasteiger partial charge is 0.408 e. The van der Waals surface area contributed by atoms with Crippen LogP contribution in [0.1, 0.15) is 74.7 Å². The van der Waals surface area contributed by atoms with Gasteiger partial charge in [-0.25, -0.2) is 14.6 Å². The predicted molar refractivity (Wildman–Crippen MR) is 145 cm³/mol. The van der Waals surface area contributed by atoms with E-state index >= 15 is 0 Å². The van der Waals surface area contributed by atoms with E-state index in [1.165, 1.54) is 0 Å². The summed E-state index contributed by atoms with van der Waals surface area (Å²) in [6.45, 7) is 5.36. The molecule has 2 fully saturated rings. The minimum Gasteiger partial charge on any atom is -0.459 e. The maximum absolute atomic E-state index is 13.9. The van der Waals surface area contributed by atoms with Crippen LogP contribution in [0, 0.1) is 5.92 Å². The molecule has 8 nitrogen and oxygen atoms in total. The first kappa shape index (κ1) is 26.5. The van der Waals surface area contributed by atoms with Crippen molar-refractivity contribution in [3.05, 3.63) is 74.3 Å². The van der Waals surface area contributed by atoms with E-state index in [-0.39, 0.29) is 34.0 Å². The van der Waals surface area contributed by atoms with E-state index in [0.717, 1.165) is 12.8 Å². The third-order valence-electron chi connectivity index (χ3n) is 6.75. The minimum atomic E-state index is -0.685. The molecule has 5 rings (SSSR count). The van der Waals surface area contributed by atoms with Crippen molar-refractivity contribution < 1.29 is 19.1 Å². The van der Waals surface area contributed by atoms with Gasteiger partial charge >= 0.3 is 12.1 Å². The molecule has 200 valence electrons. The summed E-state index contributed by atoms with van der Waals surface area (Å²) in [5, 5.41) is 3.71. The van der Waals surface area contributed by atoms with Crippen LogP contribution >= 0.6 is 23.2 Å². The fourth-order valence-corrected chi connectivity index (χ4v) is 5.15. The summed E-state index contributed by atoms with van der Waals surface area (Å²) in [5.74, 6) is 0.0938. The number of halogens is 2. The second-order valence-electron chi connectivity index (χ2n) is 10.9. The van der Waals surface area contributed by atoms with E-state index in [0.29, 0.717) is 34.8 Å². The van der Waals surface area contributed by atoms with E-state index in [1.807, 2.05) is 6.07 Å². The fourth-order valence-electron chi connectivity index (χ4n) is 4.71. The number of benzene rings is 2. The lowest BCUT2D eigenvalue weighted by molar-refractivity contribution is -0.00956. The highest BCUT2D eigenvalue weighted by Gasteiger charge is 2.42. The van der Waals surface area contributed by atoms with Gasteiger partial charge in [0.15, 0.2) is 0 Å². The number of fused-ring (bicyclic) bond motifs is 1. The van der Waals surface area contributed by atoms with Gasteiger partial charge in [-0.05, 0) is 63.8 Å². The standard InChI is InChI=1S/C28H29Cl2N3O5/c1-28(2,3)38-27(36)32-22(15-9-10-15)24-31-23-20(30)12-11-19(29)21(23)25(34)33(24)17-13-18(14-17)37-26(35)16-7-5-4-6-8-16/h4-8,11-12,15,17-18,22H,9-10,13-14H2,1-3H3,(H,32,36). The van der Waals surface area contributed by atoms with Gasteiger partial charge in [0.25, 0.3) is 5.56 Å². The van der Waals surface area contributed by atoms with Gasteiger partial charge < -0.3 is 14.8 Å². The fraction of sp³-hybridized carbons (Fsp3) is 0.429. The molecule has 2 saturated carbocycles. The van der Waals surface area contributed by atoms with E-state index in [4.69, 9.17) is 37.7 Å². The summed E-state index contributed by atoms with van der Waals surface area (Å²) in [6.07, 6.45) is 1.67. The molecule has 1 atom stereocenters. The number of hydrogen-bond acceptors (Lipinski definition) is 6. The Hall–Kier alpha value is -3.10. The number of ether oxygens (including phenoxy) is 2. The second kappa shape index (κ2) is 10.2. The monoisotopic (exact) mass is 557 g/mol. The van der Waals surface area contributed by atoms with Crippen molar-refractivity contribution >= 4 is 46.2 Å². The van der Waals surface area contributed by atoms with Gasteiger partial charge in [-0.2, -0.15) is 0 Å². The number of nitrogens with one attached hydrogen (secondary N) is 1. The van der Waals surface area contributed by atoms with Crippen molar-refractivity contribution in [3.8, 4) is 0 Å². The highest BCUT2D eigenvalue weighted by Crippen LogP contribution is 2.44. The Balaban J connectivity index is 1.49. The lowest BCUT2D eigenvalue weighted by Crippen LogP contribution is -2.44. The average Bonchev–Trinajstić information content (AvgIpc) is 3.67. The number of esters is 1. The van der Waals surface area contributed by atoms with Gasteiger partial charge in [-0.15, -0.1) is 0 Å². The Kier molecular flexibility index (Phi) is 7.13. The molecule has 1 unspecified atom stereocenters. The van der Waals surface area contributed by atoms with Crippen molar-refractivity contribution in [2.24, 2.45) is 5.92 Å². The van der Waals surface area contributed by atoms with Crippen LogP contribution in [-0.2, 0) is 9.47 Å². The summed E-state index contributed by atoms with van der Waals surface area (Å²) in [6, 6.07) is 11.1. The van der Waals surface area contributed by atoms with Gasteiger partial charge in [0.05, 0.1) is 32.6 Å². The molecular weight excluding hydrogens is 529 g/mol. The second-order valence-corrected chi connectivity index (χ2v) is 11.7. The van der Waals surface area contributed by atoms with Crippen LogP contribution in [0.3, 0.4) is 0 Å². The topological polar surface area (TPSA) is 99.5 Å². The summed E-state index contributed by atoms with van der Waals surface area (Å²) in [5.41, 5.74) is -0.265. The SMILES string of the molecule is CC(C)(C)OC(=O)NC(c1nc2c(Cl)ccc(Cl)c2c(=O)n1C1CC(OC(=O)c2ccccc2)C1)C1CC1. The first-order valence-corrected chi connectivity index (χ1v) is 13.4. The largest absolute Gasteiger partial charge is 0.459 e. The number of rotatable bonds is 6. The molecule has 0 bridgehead atoms. The normalized spacial score (nSPS) is 19.9. The molecule has 0 aliphatic heterocycles. The number of amides is 1. The van der Waals surface area contributed by atoms with Crippen molar-refractivity contribution in [1.29, 1.82) is 0 Å². The molecule has 2 aromatic carbocycles. The first-order chi connectivity index (χ1) is 18.0. The molecule has 1 amide bonds. The Labute approximate surface area is 230 Å². The molecular formula is C28H29Cl2N3O5. The molecule has 10 heteroatoms. The van der Waals surface area contributed by atoms with Crippen LogP contribution in [0.15, 0.2) is 47.3 Å². The van der Waals surface area contributed by atoms with Gasteiger partial charge in [-0.1, -0.05) is 41.4 Å². The number of aromatic nitrogens is 2. The molecule has 2 aliphatic rings. The van der Waals surface area contributed by atoms with Crippen molar-refractivity contribution in [3.63, 3.8) is 0 Å². The van der Waals surface area contributed by atoms with Gasteiger partial charge in [0.2, 0.25) is 0 Å². The molecule has 0 spiro atoms. The number of nitrogens with zero attached hydrogens (tertiary/aromatic N) is 2. The zero-order valence-corrected chi connectivity index (χ0v) is 22.9. The molecule has 38 heavy (non-hydrogen) atoms. The molecule has 2 aliphatic carbocycles. The highest BCUT2D eigenvalue weighted by molar-refractivity contribution is 6.39.